The van der Waals surface area contributed by atoms with Crippen molar-refractivity contribution < 1.29 is 0 Å². The molecule has 1 heterocycles. The molecule has 0 radical (unpaired) electrons. The standard InChI is InChI=1S/C11H9BrN2/c12-11-7-14-6-5-10(11)8-1-3-9(13)4-2-8/h1-7H,13H2. The first-order chi connectivity index (χ1) is 6.77. The number of rotatable bonds is 1. The summed E-state index contributed by atoms with van der Waals surface area (Å²) in [7, 11) is 0. The average molecular weight is 249 g/mol. The summed E-state index contributed by atoms with van der Waals surface area (Å²) in [6, 6.07) is 9.74. The molecule has 70 valence electrons. The Hall–Kier alpha value is -1.35. The maximum Gasteiger partial charge on any atom is 0.0437 e. The molecule has 0 amide bonds. The van der Waals surface area contributed by atoms with E-state index in [4.69, 9.17) is 5.73 Å². The maximum absolute atomic E-state index is 5.62. The van der Waals surface area contributed by atoms with Crippen LogP contribution in [-0.2, 0) is 0 Å². The van der Waals surface area contributed by atoms with Crippen molar-refractivity contribution in [1.29, 1.82) is 0 Å². The van der Waals surface area contributed by atoms with E-state index in [1.807, 2.05) is 30.3 Å². The highest BCUT2D eigenvalue weighted by atomic mass is 79.9. The van der Waals surface area contributed by atoms with Crippen molar-refractivity contribution in [2.75, 3.05) is 5.73 Å². The van der Waals surface area contributed by atoms with E-state index >= 15 is 0 Å². The van der Waals surface area contributed by atoms with Crippen molar-refractivity contribution in [2.45, 2.75) is 0 Å². The van der Waals surface area contributed by atoms with Crippen molar-refractivity contribution in [3.05, 3.63) is 47.2 Å². The lowest BCUT2D eigenvalue weighted by Crippen LogP contribution is -1.85. The van der Waals surface area contributed by atoms with Crippen LogP contribution in [0.4, 0.5) is 5.69 Å². The van der Waals surface area contributed by atoms with Crippen molar-refractivity contribution in [2.24, 2.45) is 0 Å². The fraction of sp³-hybridized carbons (Fsp3) is 0. The molecule has 0 bridgehead atoms. The molecule has 2 nitrogen and oxygen atoms in total. The number of aromatic nitrogens is 1. The molecule has 0 aliphatic heterocycles. The Bertz CT molecular complexity index is 437. The summed E-state index contributed by atoms with van der Waals surface area (Å²) in [6.07, 6.45) is 3.56. The summed E-state index contributed by atoms with van der Waals surface area (Å²) in [4.78, 5) is 4.02. The van der Waals surface area contributed by atoms with E-state index in [0.717, 1.165) is 21.3 Å². The van der Waals surface area contributed by atoms with E-state index in [1.165, 1.54) is 0 Å². The Morgan fingerprint density at radius 3 is 2.43 bits per heavy atom. The smallest absolute Gasteiger partial charge is 0.0437 e. The lowest BCUT2D eigenvalue weighted by atomic mass is 10.1. The predicted octanol–water partition coefficient (Wildman–Crippen LogP) is 3.09. The van der Waals surface area contributed by atoms with Crippen LogP contribution in [0, 0.1) is 0 Å². The second kappa shape index (κ2) is 3.80. The molecule has 0 aliphatic carbocycles. The van der Waals surface area contributed by atoms with E-state index < -0.39 is 0 Å². The van der Waals surface area contributed by atoms with E-state index in [0.29, 0.717) is 0 Å². The Morgan fingerprint density at radius 2 is 1.79 bits per heavy atom. The van der Waals surface area contributed by atoms with Gasteiger partial charge in [-0.2, -0.15) is 0 Å². The van der Waals surface area contributed by atoms with Gasteiger partial charge < -0.3 is 5.73 Å². The predicted molar refractivity (Wildman–Crippen MR) is 61.8 cm³/mol. The SMILES string of the molecule is Nc1ccc(-c2ccncc2Br)cc1. The summed E-state index contributed by atoms with van der Waals surface area (Å²) >= 11 is 3.46. The molecule has 3 heteroatoms. The van der Waals surface area contributed by atoms with Crippen LogP contribution >= 0.6 is 15.9 Å². The number of hydrogen-bond donors (Lipinski definition) is 1. The van der Waals surface area contributed by atoms with Gasteiger partial charge in [-0.15, -0.1) is 0 Å². The average Bonchev–Trinajstić information content (AvgIpc) is 2.20. The van der Waals surface area contributed by atoms with E-state index in [1.54, 1.807) is 12.4 Å². The van der Waals surface area contributed by atoms with Gasteiger partial charge in [0, 0.05) is 22.6 Å². The highest BCUT2D eigenvalue weighted by Gasteiger charge is 2.01. The zero-order chi connectivity index (χ0) is 9.97. The van der Waals surface area contributed by atoms with Crippen LogP contribution in [0.25, 0.3) is 11.1 Å². The Balaban J connectivity index is 2.50. The van der Waals surface area contributed by atoms with Gasteiger partial charge in [-0.1, -0.05) is 12.1 Å². The van der Waals surface area contributed by atoms with Gasteiger partial charge in [-0.3, -0.25) is 4.98 Å². The first-order valence-corrected chi connectivity index (χ1v) is 5.02. The third-order valence-electron chi connectivity index (χ3n) is 1.99. The van der Waals surface area contributed by atoms with Crippen molar-refractivity contribution in [1.82, 2.24) is 4.98 Å². The molecular formula is C11H9BrN2. The molecule has 2 rings (SSSR count). The lowest BCUT2D eigenvalue weighted by molar-refractivity contribution is 1.31. The van der Waals surface area contributed by atoms with Crippen LogP contribution in [0.2, 0.25) is 0 Å². The van der Waals surface area contributed by atoms with Gasteiger partial charge in [0.1, 0.15) is 0 Å². The summed E-state index contributed by atoms with van der Waals surface area (Å²) in [5, 5.41) is 0. The van der Waals surface area contributed by atoms with Gasteiger partial charge in [0.25, 0.3) is 0 Å². The van der Waals surface area contributed by atoms with Crippen LogP contribution in [0.3, 0.4) is 0 Å². The van der Waals surface area contributed by atoms with Gasteiger partial charge in [-0.25, -0.2) is 0 Å². The van der Waals surface area contributed by atoms with Gasteiger partial charge in [0.15, 0.2) is 0 Å². The highest BCUT2D eigenvalue weighted by molar-refractivity contribution is 9.10. The van der Waals surface area contributed by atoms with Crippen LogP contribution < -0.4 is 5.73 Å². The zero-order valence-electron chi connectivity index (χ0n) is 7.44. The Labute approximate surface area is 90.9 Å². The fourth-order valence-electron chi connectivity index (χ4n) is 1.27. The molecule has 0 aliphatic rings. The molecule has 0 fully saturated rings. The quantitative estimate of drug-likeness (QED) is 0.788. The first-order valence-electron chi connectivity index (χ1n) is 4.23. The summed E-state index contributed by atoms with van der Waals surface area (Å²) < 4.78 is 0.991. The summed E-state index contributed by atoms with van der Waals surface area (Å²) in [6.45, 7) is 0. The van der Waals surface area contributed by atoms with Crippen LogP contribution in [0.5, 0.6) is 0 Å². The number of pyridine rings is 1. The maximum atomic E-state index is 5.62. The second-order valence-corrected chi connectivity index (χ2v) is 3.83. The number of benzene rings is 1. The number of nitrogens with two attached hydrogens (primary N) is 1. The fourth-order valence-corrected chi connectivity index (χ4v) is 1.75. The monoisotopic (exact) mass is 248 g/mol. The molecule has 1 aromatic carbocycles. The Morgan fingerprint density at radius 1 is 1.07 bits per heavy atom. The normalized spacial score (nSPS) is 10.1. The first kappa shape index (κ1) is 9.21. The topological polar surface area (TPSA) is 38.9 Å². The van der Waals surface area contributed by atoms with Gasteiger partial charge >= 0.3 is 0 Å². The minimum absolute atomic E-state index is 0.777. The van der Waals surface area contributed by atoms with Crippen LogP contribution in [0.15, 0.2) is 47.2 Å². The van der Waals surface area contributed by atoms with E-state index in [2.05, 4.69) is 20.9 Å². The Kier molecular flexibility index (Phi) is 2.50. The molecule has 2 N–H and O–H groups in total. The summed E-state index contributed by atoms with van der Waals surface area (Å²) in [5.41, 5.74) is 8.65. The number of hydrogen-bond acceptors (Lipinski definition) is 2. The molecule has 2 aromatic rings. The molecule has 14 heavy (non-hydrogen) atoms. The number of halogens is 1. The van der Waals surface area contributed by atoms with Crippen LogP contribution in [-0.4, -0.2) is 4.98 Å². The van der Waals surface area contributed by atoms with Crippen LogP contribution in [0.1, 0.15) is 0 Å². The van der Waals surface area contributed by atoms with Gasteiger partial charge in [0.05, 0.1) is 0 Å². The molecular weight excluding hydrogens is 240 g/mol. The second-order valence-electron chi connectivity index (χ2n) is 2.98. The number of nitrogens with zero attached hydrogens (tertiary/aromatic N) is 1. The largest absolute Gasteiger partial charge is 0.399 e. The third-order valence-corrected chi connectivity index (χ3v) is 2.63. The lowest BCUT2D eigenvalue weighted by Gasteiger charge is -2.03. The van der Waals surface area contributed by atoms with Crippen molar-refractivity contribution in [3.63, 3.8) is 0 Å². The summed E-state index contributed by atoms with van der Waals surface area (Å²) in [5.74, 6) is 0. The number of nitrogen functional groups attached to an aromatic ring is 1. The highest BCUT2D eigenvalue weighted by Crippen LogP contribution is 2.27. The van der Waals surface area contributed by atoms with E-state index in [9.17, 15) is 0 Å². The van der Waals surface area contributed by atoms with Crippen molar-refractivity contribution in [3.8, 4) is 11.1 Å². The van der Waals surface area contributed by atoms with Crippen molar-refractivity contribution >= 4 is 21.6 Å². The van der Waals surface area contributed by atoms with Gasteiger partial charge in [0.2, 0.25) is 0 Å². The zero-order valence-corrected chi connectivity index (χ0v) is 9.03. The molecule has 0 spiro atoms. The minimum atomic E-state index is 0.777. The third kappa shape index (κ3) is 1.77. The molecule has 0 unspecified atom stereocenters. The molecule has 0 saturated carbocycles. The molecule has 0 saturated heterocycles. The van der Waals surface area contributed by atoms with Gasteiger partial charge in [-0.05, 0) is 45.3 Å². The van der Waals surface area contributed by atoms with E-state index in [-0.39, 0.29) is 0 Å². The molecule has 1 aromatic heterocycles. The minimum Gasteiger partial charge on any atom is -0.399 e. The number of anilines is 1. The molecule has 0 atom stereocenters.